The number of carboxylic acid groups (broad SMARTS) is 1. The predicted molar refractivity (Wildman–Crippen MR) is 111 cm³/mol. The smallest absolute Gasteiger partial charge is 0.335 e. The number of nitrogens with one attached hydrogen (secondary N) is 1. The highest BCUT2D eigenvalue weighted by molar-refractivity contribution is 6.31. The van der Waals surface area contributed by atoms with Crippen LogP contribution < -0.4 is 10.1 Å². The number of ether oxygens (including phenoxy) is 1. The van der Waals surface area contributed by atoms with Gasteiger partial charge in [-0.3, -0.25) is 4.79 Å². The standard InChI is InChI=1S/C23H18ClF2NO4/c1-13(14-2-4-15(5-3-14)23(29)30)27-22(28)21-8-17(24)7-6-16(21)12-31-20-10-18(25)9-19(26)11-20/h2-11,13H,12H2,1H3,(H,27,28)(H,29,30)/t13-/m0/s1. The first-order valence-corrected chi connectivity index (χ1v) is 9.62. The molecule has 0 unspecified atom stereocenters. The molecular formula is C23H18ClF2NO4. The summed E-state index contributed by atoms with van der Waals surface area (Å²) in [6.07, 6.45) is 0. The van der Waals surface area contributed by atoms with Crippen molar-refractivity contribution in [1.82, 2.24) is 5.32 Å². The monoisotopic (exact) mass is 445 g/mol. The van der Waals surface area contributed by atoms with Crippen LogP contribution in [0.25, 0.3) is 0 Å². The number of carboxylic acids is 1. The molecule has 0 heterocycles. The second kappa shape index (κ2) is 9.57. The molecule has 1 atom stereocenters. The van der Waals surface area contributed by atoms with Crippen LogP contribution in [0.15, 0.2) is 60.7 Å². The summed E-state index contributed by atoms with van der Waals surface area (Å²) >= 11 is 6.04. The SMILES string of the molecule is C[C@H](NC(=O)c1cc(Cl)ccc1COc1cc(F)cc(F)c1)c1ccc(C(=O)O)cc1. The molecule has 2 N–H and O–H groups in total. The quantitative estimate of drug-likeness (QED) is 0.511. The minimum absolute atomic E-state index is 0.00861. The third kappa shape index (κ3) is 5.79. The number of hydrogen-bond acceptors (Lipinski definition) is 3. The van der Waals surface area contributed by atoms with Crippen molar-refractivity contribution in [3.8, 4) is 5.75 Å². The van der Waals surface area contributed by atoms with Crippen molar-refractivity contribution in [2.75, 3.05) is 0 Å². The lowest BCUT2D eigenvalue weighted by molar-refractivity contribution is 0.0696. The van der Waals surface area contributed by atoms with Crippen LogP contribution in [-0.2, 0) is 6.61 Å². The molecular weight excluding hydrogens is 428 g/mol. The number of rotatable bonds is 7. The molecule has 0 spiro atoms. The Morgan fingerprint density at radius 2 is 1.68 bits per heavy atom. The van der Waals surface area contributed by atoms with E-state index in [4.69, 9.17) is 21.4 Å². The van der Waals surface area contributed by atoms with Gasteiger partial charge in [0, 0.05) is 34.3 Å². The molecule has 0 saturated heterocycles. The second-order valence-corrected chi connectivity index (χ2v) is 7.25. The van der Waals surface area contributed by atoms with Gasteiger partial charge in [-0.1, -0.05) is 29.8 Å². The Balaban J connectivity index is 1.75. The van der Waals surface area contributed by atoms with E-state index in [1.54, 1.807) is 31.2 Å². The van der Waals surface area contributed by atoms with Gasteiger partial charge in [0.05, 0.1) is 11.6 Å². The lowest BCUT2D eigenvalue weighted by atomic mass is 10.0. The number of hydrogen-bond donors (Lipinski definition) is 2. The molecule has 3 aromatic rings. The number of halogens is 3. The van der Waals surface area contributed by atoms with E-state index in [0.29, 0.717) is 16.1 Å². The minimum atomic E-state index is -1.04. The van der Waals surface area contributed by atoms with Gasteiger partial charge in [0.2, 0.25) is 0 Å². The average molecular weight is 446 g/mol. The number of carbonyl (C=O) groups excluding carboxylic acids is 1. The number of carbonyl (C=O) groups is 2. The van der Waals surface area contributed by atoms with Gasteiger partial charge in [-0.25, -0.2) is 13.6 Å². The van der Waals surface area contributed by atoms with Gasteiger partial charge in [0.25, 0.3) is 5.91 Å². The first-order chi connectivity index (χ1) is 14.7. The van der Waals surface area contributed by atoms with E-state index < -0.39 is 29.6 Å². The normalized spacial score (nSPS) is 11.6. The molecule has 3 rings (SSSR count). The Bertz CT molecular complexity index is 1100. The van der Waals surface area contributed by atoms with Crippen molar-refractivity contribution in [2.45, 2.75) is 19.6 Å². The van der Waals surface area contributed by atoms with E-state index in [1.165, 1.54) is 18.2 Å². The van der Waals surface area contributed by atoms with Crippen molar-refractivity contribution in [3.63, 3.8) is 0 Å². The highest BCUT2D eigenvalue weighted by Gasteiger charge is 2.17. The summed E-state index contributed by atoms with van der Waals surface area (Å²) in [7, 11) is 0. The third-order valence-corrected chi connectivity index (χ3v) is 4.79. The van der Waals surface area contributed by atoms with Crippen LogP contribution in [0.3, 0.4) is 0 Å². The summed E-state index contributed by atoms with van der Waals surface area (Å²) in [5.74, 6) is -3.02. The first kappa shape index (κ1) is 22.2. The minimum Gasteiger partial charge on any atom is -0.489 e. The van der Waals surface area contributed by atoms with Crippen LogP contribution in [0.4, 0.5) is 8.78 Å². The fourth-order valence-electron chi connectivity index (χ4n) is 2.93. The predicted octanol–water partition coefficient (Wildman–Crippen LogP) is 5.39. The zero-order valence-electron chi connectivity index (χ0n) is 16.4. The lowest BCUT2D eigenvalue weighted by Crippen LogP contribution is -2.27. The fraction of sp³-hybridized carbons (Fsp3) is 0.130. The van der Waals surface area contributed by atoms with Gasteiger partial charge in [-0.15, -0.1) is 0 Å². The molecule has 5 nitrogen and oxygen atoms in total. The highest BCUT2D eigenvalue weighted by atomic mass is 35.5. The molecule has 0 radical (unpaired) electrons. The van der Waals surface area contributed by atoms with Crippen molar-refractivity contribution < 1.29 is 28.2 Å². The first-order valence-electron chi connectivity index (χ1n) is 9.24. The van der Waals surface area contributed by atoms with E-state index in [0.717, 1.165) is 18.2 Å². The van der Waals surface area contributed by atoms with E-state index in [-0.39, 0.29) is 23.5 Å². The molecule has 160 valence electrons. The van der Waals surface area contributed by atoms with Gasteiger partial charge in [0.15, 0.2) is 0 Å². The van der Waals surface area contributed by atoms with Crippen molar-refractivity contribution >= 4 is 23.5 Å². The molecule has 1 amide bonds. The molecule has 0 saturated carbocycles. The van der Waals surface area contributed by atoms with E-state index in [1.807, 2.05) is 0 Å². The topological polar surface area (TPSA) is 75.6 Å². The zero-order valence-corrected chi connectivity index (χ0v) is 17.1. The van der Waals surface area contributed by atoms with Crippen LogP contribution >= 0.6 is 11.6 Å². The van der Waals surface area contributed by atoms with Gasteiger partial charge >= 0.3 is 5.97 Å². The molecule has 31 heavy (non-hydrogen) atoms. The summed E-state index contributed by atoms with van der Waals surface area (Å²) in [4.78, 5) is 23.8. The summed E-state index contributed by atoms with van der Waals surface area (Å²) < 4.78 is 32.2. The van der Waals surface area contributed by atoms with Crippen LogP contribution in [0.5, 0.6) is 5.75 Å². The highest BCUT2D eigenvalue weighted by Crippen LogP contribution is 2.22. The van der Waals surface area contributed by atoms with Gasteiger partial charge in [0.1, 0.15) is 24.0 Å². The van der Waals surface area contributed by atoms with Crippen LogP contribution in [0.1, 0.15) is 44.8 Å². The van der Waals surface area contributed by atoms with Crippen LogP contribution in [0, 0.1) is 11.6 Å². The van der Waals surface area contributed by atoms with Crippen molar-refractivity contribution in [3.05, 3.63) is 99.6 Å². The maximum Gasteiger partial charge on any atom is 0.335 e. The fourth-order valence-corrected chi connectivity index (χ4v) is 3.10. The Morgan fingerprint density at radius 1 is 1.03 bits per heavy atom. The number of aromatic carboxylic acids is 1. The number of benzene rings is 3. The van der Waals surface area contributed by atoms with Gasteiger partial charge in [-0.2, -0.15) is 0 Å². The molecule has 0 aliphatic heterocycles. The van der Waals surface area contributed by atoms with Crippen molar-refractivity contribution in [2.24, 2.45) is 0 Å². The molecule has 0 fully saturated rings. The summed E-state index contributed by atoms with van der Waals surface area (Å²) in [5, 5.41) is 12.2. The molecule has 0 aromatic heterocycles. The Hall–Kier alpha value is -3.45. The van der Waals surface area contributed by atoms with Crippen molar-refractivity contribution in [1.29, 1.82) is 0 Å². The van der Waals surface area contributed by atoms with E-state index in [2.05, 4.69) is 5.32 Å². The van der Waals surface area contributed by atoms with Gasteiger partial charge in [-0.05, 0) is 36.8 Å². The van der Waals surface area contributed by atoms with E-state index >= 15 is 0 Å². The molecule has 0 bridgehead atoms. The zero-order chi connectivity index (χ0) is 22.5. The Labute approximate surface area is 182 Å². The summed E-state index contributed by atoms with van der Waals surface area (Å²) in [6, 6.07) is 13.2. The average Bonchev–Trinajstić information content (AvgIpc) is 2.72. The Morgan fingerprint density at radius 3 is 2.29 bits per heavy atom. The summed E-state index contributed by atoms with van der Waals surface area (Å²) in [6.45, 7) is 1.65. The molecule has 0 aliphatic rings. The second-order valence-electron chi connectivity index (χ2n) is 6.82. The summed E-state index contributed by atoms with van der Waals surface area (Å²) in [5.41, 5.74) is 1.58. The van der Waals surface area contributed by atoms with E-state index in [9.17, 15) is 18.4 Å². The molecule has 0 aliphatic carbocycles. The maximum absolute atomic E-state index is 13.4. The van der Waals surface area contributed by atoms with Crippen LogP contribution in [-0.4, -0.2) is 17.0 Å². The van der Waals surface area contributed by atoms with Gasteiger partial charge < -0.3 is 15.2 Å². The maximum atomic E-state index is 13.4. The molecule has 8 heteroatoms. The van der Waals surface area contributed by atoms with Crippen LogP contribution in [0.2, 0.25) is 5.02 Å². The molecule has 3 aromatic carbocycles. The largest absolute Gasteiger partial charge is 0.489 e. The number of amides is 1. The Kier molecular flexibility index (Phi) is 6.87. The lowest BCUT2D eigenvalue weighted by Gasteiger charge is -2.17. The third-order valence-electron chi connectivity index (χ3n) is 4.55.